The van der Waals surface area contributed by atoms with E-state index in [-0.39, 0.29) is 18.3 Å². The lowest BCUT2D eigenvalue weighted by atomic mass is 9.96. The third-order valence-corrected chi connectivity index (χ3v) is 4.52. The van der Waals surface area contributed by atoms with Crippen LogP contribution in [0.25, 0.3) is 10.9 Å². The summed E-state index contributed by atoms with van der Waals surface area (Å²) in [5.41, 5.74) is 1.85. The van der Waals surface area contributed by atoms with Gasteiger partial charge in [-0.15, -0.1) is 12.4 Å². The van der Waals surface area contributed by atoms with Crippen LogP contribution in [0.4, 0.5) is 0 Å². The Labute approximate surface area is 143 Å². The molecule has 1 aliphatic rings. The van der Waals surface area contributed by atoms with Gasteiger partial charge in [-0.3, -0.25) is 9.89 Å². The van der Waals surface area contributed by atoms with E-state index in [9.17, 15) is 4.79 Å². The number of aromatic amines is 1. The first-order valence-electron chi connectivity index (χ1n) is 8.18. The maximum Gasteiger partial charge on any atom is 0.228 e. The molecule has 0 bridgehead atoms. The van der Waals surface area contributed by atoms with Crippen LogP contribution < -0.4 is 5.32 Å². The topological polar surface area (TPSA) is 61.0 Å². The number of carbonyl (C=O) groups excluding carboxylic acids is 1. The third kappa shape index (κ3) is 4.24. The normalized spacial score (nSPS) is 15.6. The molecule has 6 heteroatoms. The van der Waals surface area contributed by atoms with Crippen LogP contribution >= 0.6 is 12.4 Å². The number of para-hydroxylation sites is 1. The number of amides is 1. The second-order valence-electron chi connectivity index (χ2n) is 6.03. The van der Waals surface area contributed by atoms with Gasteiger partial charge in [0.05, 0.1) is 17.6 Å². The van der Waals surface area contributed by atoms with Crippen LogP contribution in [-0.4, -0.2) is 47.2 Å². The molecule has 2 heterocycles. The molecule has 2 aromatic rings. The fourth-order valence-electron chi connectivity index (χ4n) is 3.15. The molecule has 3 rings (SSSR count). The number of nitrogens with zero attached hydrogens (tertiary/aromatic N) is 2. The number of aromatic nitrogens is 2. The molecule has 1 aliphatic heterocycles. The van der Waals surface area contributed by atoms with Gasteiger partial charge in [0.25, 0.3) is 0 Å². The molecule has 0 aliphatic carbocycles. The van der Waals surface area contributed by atoms with Crippen molar-refractivity contribution in [2.75, 3.05) is 26.2 Å². The van der Waals surface area contributed by atoms with Gasteiger partial charge in [0.15, 0.2) is 0 Å². The predicted molar refractivity (Wildman–Crippen MR) is 94.9 cm³/mol. The average molecular weight is 337 g/mol. The van der Waals surface area contributed by atoms with Gasteiger partial charge < -0.3 is 10.2 Å². The van der Waals surface area contributed by atoms with Crippen molar-refractivity contribution in [3.63, 3.8) is 0 Å². The second kappa shape index (κ2) is 8.31. The molecule has 1 fully saturated rings. The molecule has 0 radical (unpaired) electrons. The van der Waals surface area contributed by atoms with E-state index in [0.29, 0.717) is 12.3 Å². The number of halogens is 1. The van der Waals surface area contributed by atoms with Crippen LogP contribution in [-0.2, 0) is 11.2 Å². The number of carbonyl (C=O) groups is 1. The molecule has 1 aromatic carbocycles. The van der Waals surface area contributed by atoms with Gasteiger partial charge in [-0.05, 0) is 37.9 Å². The first-order valence-corrected chi connectivity index (χ1v) is 8.18. The Morgan fingerprint density at radius 1 is 1.35 bits per heavy atom. The Hall–Kier alpha value is -1.59. The summed E-state index contributed by atoms with van der Waals surface area (Å²) in [7, 11) is 0. The lowest BCUT2D eigenvalue weighted by Crippen LogP contribution is -2.41. The minimum Gasteiger partial charge on any atom is -0.342 e. The van der Waals surface area contributed by atoms with Gasteiger partial charge in [-0.25, -0.2) is 0 Å². The molecule has 0 saturated carbocycles. The summed E-state index contributed by atoms with van der Waals surface area (Å²) in [6.07, 6.45) is 2.61. The maximum absolute atomic E-state index is 12.5. The number of nitrogens with one attached hydrogen (secondary N) is 2. The fraction of sp³-hybridized carbons (Fsp3) is 0.529. The van der Waals surface area contributed by atoms with E-state index >= 15 is 0 Å². The van der Waals surface area contributed by atoms with Crippen molar-refractivity contribution in [2.45, 2.75) is 26.2 Å². The number of benzene rings is 1. The van der Waals surface area contributed by atoms with Crippen LogP contribution in [0.1, 0.15) is 25.5 Å². The molecular weight excluding hydrogens is 312 g/mol. The van der Waals surface area contributed by atoms with Gasteiger partial charge in [-0.1, -0.05) is 25.1 Å². The molecule has 1 amide bonds. The van der Waals surface area contributed by atoms with E-state index in [2.05, 4.69) is 22.4 Å². The van der Waals surface area contributed by atoms with E-state index in [1.54, 1.807) is 0 Å². The van der Waals surface area contributed by atoms with Crippen molar-refractivity contribution in [3.05, 3.63) is 30.0 Å². The van der Waals surface area contributed by atoms with Crippen LogP contribution in [0.3, 0.4) is 0 Å². The minimum absolute atomic E-state index is 0. The lowest BCUT2D eigenvalue weighted by Gasteiger charge is -2.32. The van der Waals surface area contributed by atoms with Crippen LogP contribution in [0, 0.1) is 5.92 Å². The Morgan fingerprint density at radius 3 is 2.83 bits per heavy atom. The van der Waals surface area contributed by atoms with Crippen LogP contribution in [0.2, 0.25) is 0 Å². The quantitative estimate of drug-likeness (QED) is 0.881. The predicted octanol–water partition coefficient (Wildman–Crippen LogP) is 2.38. The third-order valence-electron chi connectivity index (χ3n) is 4.52. The van der Waals surface area contributed by atoms with Crippen molar-refractivity contribution in [1.82, 2.24) is 20.4 Å². The van der Waals surface area contributed by atoms with Crippen molar-refractivity contribution >= 4 is 29.2 Å². The molecule has 2 N–H and O–H groups in total. The molecule has 1 saturated heterocycles. The van der Waals surface area contributed by atoms with Gasteiger partial charge >= 0.3 is 0 Å². The van der Waals surface area contributed by atoms with Crippen LogP contribution in [0.5, 0.6) is 0 Å². The summed E-state index contributed by atoms with van der Waals surface area (Å²) in [6.45, 7) is 5.98. The Morgan fingerprint density at radius 2 is 2.09 bits per heavy atom. The number of hydrogen-bond donors (Lipinski definition) is 2. The molecule has 0 spiro atoms. The summed E-state index contributed by atoms with van der Waals surface area (Å²) in [5.74, 6) is 0.910. The SMILES string of the molecule is CCNCC1CCN(C(=O)Cc2[nH]nc3ccccc23)CC1.Cl. The van der Waals surface area contributed by atoms with E-state index in [0.717, 1.165) is 55.6 Å². The standard InChI is InChI=1S/C17H24N4O.ClH/c1-2-18-12-13-7-9-21(10-8-13)17(22)11-16-14-5-3-4-6-15(14)19-20-16;/h3-6,13,18H,2,7-12H2,1H3,(H,19,20);1H. The molecule has 126 valence electrons. The molecule has 0 unspecified atom stereocenters. The van der Waals surface area contributed by atoms with Crippen LogP contribution in [0.15, 0.2) is 24.3 Å². The summed E-state index contributed by atoms with van der Waals surface area (Å²) < 4.78 is 0. The molecule has 0 atom stereocenters. The van der Waals surface area contributed by atoms with Crippen molar-refractivity contribution in [2.24, 2.45) is 5.92 Å². The summed E-state index contributed by atoms with van der Waals surface area (Å²) in [6, 6.07) is 7.93. The number of hydrogen-bond acceptors (Lipinski definition) is 3. The number of fused-ring (bicyclic) bond motifs is 1. The average Bonchev–Trinajstić information content (AvgIpc) is 2.96. The number of rotatable bonds is 5. The number of likely N-dealkylation sites (tertiary alicyclic amines) is 1. The maximum atomic E-state index is 12.5. The van der Waals surface area contributed by atoms with Gasteiger partial charge in [-0.2, -0.15) is 5.10 Å². The molecule has 23 heavy (non-hydrogen) atoms. The second-order valence-corrected chi connectivity index (χ2v) is 6.03. The molecular formula is C17H25ClN4O. The molecule has 1 aromatic heterocycles. The lowest BCUT2D eigenvalue weighted by molar-refractivity contribution is -0.131. The van der Waals surface area contributed by atoms with E-state index in [1.165, 1.54) is 0 Å². The smallest absolute Gasteiger partial charge is 0.228 e. The van der Waals surface area contributed by atoms with Crippen molar-refractivity contribution in [3.8, 4) is 0 Å². The number of H-pyrrole nitrogens is 1. The summed E-state index contributed by atoms with van der Waals surface area (Å²) in [5, 5.41) is 11.7. The highest BCUT2D eigenvalue weighted by Crippen LogP contribution is 2.19. The Balaban J connectivity index is 0.00000192. The zero-order valence-electron chi connectivity index (χ0n) is 13.5. The van der Waals surface area contributed by atoms with Crippen molar-refractivity contribution in [1.29, 1.82) is 0 Å². The van der Waals surface area contributed by atoms with Gasteiger partial charge in [0.2, 0.25) is 5.91 Å². The summed E-state index contributed by atoms with van der Waals surface area (Å²) in [4.78, 5) is 14.5. The highest BCUT2D eigenvalue weighted by atomic mass is 35.5. The first kappa shape index (κ1) is 17.8. The Bertz CT molecular complexity index is 634. The zero-order valence-corrected chi connectivity index (χ0v) is 14.4. The van der Waals surface area contributed by atoms with Crippen molar-refractivity contribution < 1.29 is 4.79 Å². The fourth-order valence-corrected chi connectivity index (χ4v) is 3.15. The largest absolute Gasteiger partial charge is 0.342 e. The number of piperidine rings is 1. The van der Waals surface area contributed by atoms with Gasteiger partial charge in [0.1, 0.15) is 0 Å². The first-order chi connectivity index (χ1) is 10.8. The van der Waals surface area contributed by atoms with Gasteiger partial charge in [0, 0.05) is 18.5 Å². The monoisotopic (exact) mass is 336 g/mol. The highest BCUT2D eigenvalue weighted by molar-refractivity contribution is 5.87. The van der Waals surface area contributed by atoms with E-state index in [1.807, 2.05) is 29.2 Å². The Kier molecular flexibility index (Phi) is 6.42. The highest BCUT2D eigenvalue weighted by Gasteiger charge is 2.23. The minimum atomic E-state index is 0. The summed E-state index contributed by atoms with van der Waals surface area (Å²) >= 11 is 0. The van der Waals surface area contributed by atoms with E-state index < -0.39 is 0 Å². The molecule has 5 nitrogen and oxygen atoms in total. The zero-order chi connectivity index (χ0) is 15.4. The van der Waals surface area contributed by atoms with E-state index in [4.69, 9.17) is 0 Å².